The van der Waals surface area contributed by atoms with Crippen LogP contribution in [-0.2, 0) is 24.3 Å². The standard InChI is InChI=1S/C36H43N5O4/c37-17-3-1-2-4-18-40-19-5-6-27-20-30(13-11-29(27)23-40)38-35(43)26-9-7-25(8-10-26)22-41(31-14-15-31)36(44)28-12-16-32-33(21-28)45-24-34(42)39-32/h7-13,16,20-21,31H,1-6,14-15,17-19,22-24,37H2,(H,38,43)(H,39,42). The number of hydrogen-bond acceptors (Lipinski definition) is 6. The Balaban J connectivity index is 1.05. The van der Waals surface area contributed by atoms with Crippen LogP contribution in [0, 0.1) is 0 Å². The summed E-state index contributed by atoms with van der Waals surface area (Å²) in [6.07, 6.45) is 8.84. The maximum atomic E-state index is 13.5. The van der Waals surface area contributed by atoms with E-state index in [2.05, 4.69) is 27.7 Å². The first kappa shape index (κ1) is 30.8. The molecule has 0 radical (unpaired) electrons. The van der Waals surface area contributed by atoms with Crippen LogP contribution in [0.2, 0.25) is 0 Å². The second-order valence-corrected chi connectivity index (χ2v) is 12.4. The van der Waals surface area contributed by atoms with Gasteiger partial charge in [-0.1, -0.05) is 31.0 Å². The summed E-state index contributed by atoms with van der Waals surface area (Å²) in [5, 5.41) is 5.85. The number of benzene rings is 3. The van der Waals surface area contributed by atoms with Crippen LogP contribution in [0.5, 0.6) is 5.75 Å². The van der Waals surface area contributed by atoms with Gasteiger partial charge in [-0.25, -0.2) is 0 Å². The van der Waals surface area contributed by atoms with Crippen LogP contribution in [0.15, 0.2) is 60.7 Å². The maximum Gasteiger partial charge on any atom is 0.262 e. The van der Waals surface area contributed by atoms with E-state index in [4.69, 9.17) is 10.5 Å². The zero-order valence-corrected chi connectivity index (χ0v) is 25.9. The molecule has 0 aromatic heterocycles. The Hall–Kier alpha value is -4.21. The molecule has 9 nitrogen and oxygen atoms in total. The molecule has 0 bridgehead atoms. The zero-order chi connectivity index (χ0) is 31.2. The number of carbonyl (C=O) groups excluding carboxylic acids is 3. The Kier molecular flexibility index (Phi) is 9.76. The molecule has 0 saturated heterocycles. The average Bonchev–Trinajstić information content (AvgIpc) is 3.91. The van der Waals surface area contributed by atoms with E-state index < -0.39 is 0 Å². The number of rotatable bonds is 12. The molecule has 0 atom stereocenters. The summed E-state index contributed by atoms with van der Waals surface area (Å²) in [6, 6.07) is 19.1. The molecule has 2 aliphatic heterocycles. The van der Waals surface area contributed by atoms with Crippen LogP contribution in [0.3, 0.4) is 0 Å². The molecule has 0 unspecified atom stereocenters. The Bertz CT molecular complexity index is 1530. The van der Waals surface area contributed by atoms with Gasteiger partial charge < -0.3 is 26.0 Å². The number of nitrogens with two attached hydrogens (primary N) is 1. The van der Waals surface area contributed by atoms with Crippen LogP contribution >= 0.6 is 0 Å². The van der Waals surface area contributed by atoms with Gasteiger partial charge in [0, 0.05) is 35.9 Å². The Morgan fingerprint density at radius 2 is 1.76 bits per heavy atom. The predicted molar refractivity (Wildman–Crippen MR) is 175 cm³/mol. The fraction of sp³-hybridized carbons (Fsp3) is 0.417. The second kappa shape index (κ2) is 14.3. The van der Waals surface area contributed by atoms with Crippen molar-refractivity contribution in [2.24, 2.45) is 5.73 Å². The largest absolute Gasteiger partial charge is 0.482 e. The van der Waals surface area contributed by atoms with Crippen molar-refractivity contribution in [2.45, 2.75) is 70.5 Å². The Morgan fingerprint density at radius 3 is 2.56 bits per heavy atom. The van der Waals surface area contributed by atoms with Gasteiger partial charge in [0.2, 0.25) is 0 Å². The SMILES string of the molecule is NCCCCCCN1CCCc2cc(NC(=O)c3ccc(CN(C(=O)c4ccc5c(c4)OCC(=O)N5)C4CC4)cc3)ccc2C1. The van der Waals surface area contributed by atoms with Gasteiger partial charge in [0.15, 0.2) is 6.61 Å². The Morgan fingerprint density at radius 1 is 0.956 bits per heavy atom. The van der Waals surface area contributed by atoms with Gasteiger partial charge >= 0.3 is 0 Å². The minimum absolute atomic E-state index is 0.0569. The first-order valence-electron chi connectivity index (χ1n) is 16.3. The first-order chi connectivity index (χ1) is 22.0. The number of hydrogen-bond donors (Lipinski definition) is 3. The minimum Gasteiger partial charge on any atom is -0.482 e. The number of amides is 3. The molecule has 1 aliphatic carbocycles. The molecule has 3 aliphatic rings. The zero-order valence-electron chi connectivity index (χ0n) is 25.9. The molecule has 236 valence electrons. The number of aryl methyl sites for hydroxylation is 1. The predicted octanol–water partition coefficient (Wildman–Crippen LogP) is 5.34. The topological polar surface area (TPSA) is 117 Å². The molecule has 3 amide bonds. The quantitative estimate of drug-likeness (QED) is 0.239. The van der Waals surface area contributed by atoms with Crippen molar-refractivity contribution in [3.63, 3.8) is 0 Å². The highest BCUT2D eigenvalue weighted by molar-refractivity contribution is 6.04. The number of nitrogens with one attached hydrogen (secondary N) is 2. The maximum absolute atomic E-state index is 13.5. The van der Waals surface area contributed by atoms with Gasteiger partial charge in [-0.05, 0) is 117 Å². The average molecular weight is 610 g/mol. The number of fused-ring (bicyclic) bond motifs is 2. The van der Waals surface area contributed by atoms with E-state index in [1.807, 2.05) is 35.2 Å². The van der Waals surface area contributed by atoms with Gasteiger partial charge in [0.1, 0.15) is 5.75 Å². The van der Waals surface area contributed by atoms with Gasteiger partial charge in [-0.3, -0.25) is 19.3 Å². The van der Waals surface area contributed by atoms with E-state index in [9.17, 15) is 14.4 Å². The summed E-state index contributed by atoms with van der Waals surface area (Å²) in [5.74, 6) is 0.0819. The van der Waals surface area contributed by atoms with Crippen LogP contribution in [0.4, 0.5) is 11.4 Å². The monoisotopic (exact) mass is 609 g/mol. The molecule has 3 aromatic carbocycles. The molecule has 1 fully saturated rings. The van der Waals surface area contributed by atoms with Crippen molar-refractivity contribution in [3.8, 4) is 5.75 Å². The van der Waals surface area contributed by atoms with Crippen molar-refractivity contribution < 1.29 is 19.1 Å². The lowest BCUT2D eigenvalue weighted by Gasteiger charge is -2.24. The second-order valence-electron chi connectivity index (χ2n) is 12.4. The number of carbonyl (C=O) groups is 3. The number of unbranched alkanes of at least 4 members (excludes halogenated alkanes) is 3. The van der Waals surface area contributed by atoms with Crippen molar-refractivity contribution in [2.75, 3.05) is 36.9 Å². The summed E-state index contributed by atoms with van der Waals surface area (Å²) in [4.78, 5) is 42.7. The van der Waals surface area contributed by atoms with Crippen molar-refractivity contribution in [3.05, 3.63) is 88.5 Å². The van der Waals surface area contributed by atoms with Crippen LogP contribution in [0.1, 0.15) is 82.4 Å². The number of anilines is 2. The third-order valence-corrected chi connectivity index (χ3v) is 8.89. The van der Waals surface area contributed by atoms with Crippen molar-refractivity contribution in [1.29, 1.82) is 0 Å². The molecule has 1 saturated carbocycles. The Labute approximate surface area is 265 Å². The lowest BCUT2D eigenvalue weighted by atomic mass is 10.0. The molecule has 9 heteroatoms. The van der Waals surface area contributed by atoms with Gasteiger partial charge in [-0.2, -0.15) is 0 Å². The molecule has 4 N–H and O–H groups in total. The number of nitrogens with zero attached hydrogens (tertiary/aromatic N) is 2. The molecule has 0 spiro atoms. The van der Waals surface area contributed by atoms with Gasteiger partial charge in [0.05, 0.1) is 5.69 Å². The van der Waals surface area contributed by atoms with E-state index in [0.29, 0.717) is 29.1 Å². The van der Waals surface area contributed by atoms with Crippen LogP contribution in [-0.4, -0.2) is 59.8 Å². The molecular weight excluding hydrogens is 566 g/mol. The molecule has 3 aromatic rings. The highest BCUT2D eigenvalue weighted by Gasteiger charge is 2.33. The van der Waals surface area contributed by atoms with Crippen molar-refractivity contribution in [1.82, 2.24) is 9.80 Å². The van der Waals surface area contributed by atoms with E-state index in [-0.39, 0.29) is 30.4 Å². The highest BCUT2D eigenvalue weighted by atomic mass is 16.5. The molecule has 45 heavy (non-hydrogen) atoms. The van der Waals surface area contributed by atoms with E-state index >= 15 is 0 Å². The smallest absolute Gasteiger partial charge is 0.262 e. The summed E-state index contributed by atoms with van der Waals surface area (Å²) in [6.45, 7) is 4.36. The van der Waals surface area contributed by atoms with E-state index in [0.717, 1.165) is 69.5 Å². The van der Waals surface area contributed by atoms with E-state index in [1.54, 1.807) is 18.2 Å². The highest BCUT2D eigenvalue weighted by Crippen LogP contribution is 2.33. The first-order valence-corrected chi connectivity index (χ1v) is 16.3. The third-order valence-electron chi connectivity index (χ3n) is 8.89. The number of ether oxygens (including phenoxy) is 1. The third kappa shape index (κ3) is 7.90. The molecule has 6 rings (SSSR count). The fourth-order valence-corrected chi connectivity index (χ4v) is 6.22. The summed E-state index contributed by atoms with van der Waals surface area (Å²) in [5.41, 5.74) is 11.7. The van der Waals surface area contributed by atoms with Gasteiger partial charge in [-0.15, -0.1) is 0 Å². The van der Waals surface area contributed by atoms with Crippen LogP contribution in [0.25, 0.3) is 0 Å². The molecule has 2 heterocycles. The lowest BCUT2D eigenvalue weighted by Crippen LogP contribution is -2.33. The van der Waals surface area contributed by atoms with E-state index in [1.165, 1.54) is 30.4 Å². The summed E-state index contributed by atoms with van der Waals surface area (Å²) >= 11 is 0. The van der Waals surface area contributed by atoms with Crippen LogP contribution < -0.4 is 21.1 Å². The summed E-state index contributed by atoms with van der Waals surface area (Å²) < 4.78 is 5.51. The minimum atomic E-state index is -0.205. The lowest BCUT2D eigenvalue weighted by molar-refractivity contribution is -0.118. The fourth-order valence-electron chi connectivity index (χ4n) is 6.22. The molecular formula is C36H43N5O4. The van der Waals surface area contributed by atoms with Gasteiger partial charge in [0.25, 0.3) is 17.7 Å². The summed E-state index contributed by atoms with van der Waals surface area (Å²) in [7, 11) is 0. The normalized spacial score (nSPS) is 16.1. The van der Waals surface area contributed by atoms with Crippen molar-refractivity contribution >= 4 is 29.1 Å².